The highest BCUT2D eigenvalue weighted by molar-refractivity contribution is 5.94. The van der Waals surface area contributed by atoms with Gasteiger partial charge in [0.05, 0.1) is 0 Å². The van der Waals surface area contributed by atoms with E-state index in [0.717, 1.165) is 6.08 Å². The lowest BCUT2D eigenvalue weighted by Gasteiger charge is -2.06. The van der Waals surface area contributed by atoms with E-state index < -0.39 is 11.9 Å². The van der Waals surface area contributed by atoms with E-state index in [9.17, 15) is 14.4 Å². The van der Waals surface area contributed by atoms with Crippen molar-refractivity contribution in [2.24, 2.45) is 0 Å². The molecule has 0 aromatic rings. The standard InChI is InChI=1S/C10H12O5/c1-4-9(12)14-6-8(3)15-10(13)5-7(2)11/h4H,1,3,5-6H2,2H3. The van der Waals surface area contributed by atoms with Crippen LogP contribution in [0.15, 0.2) is 25.0 Å². The normalized spacial score (nSPS) is 8.87. The lowest BCUT2D eigenvalue weighted by atomic mass is 10.3. The predicted octanol–water partition coefficient (Wildman–Crippen LogP) is 0.752. The molecule has 0 aromatic heterocycles. The minimum Gasteiger partial charge on any atom is -0.454 e. The summed E-state index contributed by atoms with van der Waals surface area (Å²) in [5, 5.41) is 0. The smallest absolute Gasteiger partial charge is 0.330 e. The molecule has 0 aliphatic carbocycles. The lowest BCUT2D eigenvalue weighted by molar-refractivity contribution is -0.146. The van der Waals surface area contributed by atoms with Crippen molar-refractivity contribution in [2.75, 3.05) is 6.61 Å². The van der Waals surface area contributed by atoms with Gasteiger partial charge in [-0.3, -0.25) is 9.59 Å². The van der Waals surface area contributed by atoms with Gasteiger partial charge < -0.3 is 9.47 Å². The molecule has 0 amide bonds. The first kappa shape index (κ1) is 13.1. The van der Waals surface area contributed by atoms with Crippen LogP contribution in [0.25, 0.3) is 0 Å². The van der Waals surface area contributed by atoms with E-state index in [1.807, 2.05) is 0 Å². The van der Waals surface area contributed by atoms with E-state index in [0.29, 0.717) is 0 Å². The number of carbonyl (C=O) groups is 3. The van der Waals surface area contributed by atoms with Crippen molar-refractivity contribution in [1.29, 1.82) is 0 Å². The molecule has 0 bridgehead atoms. The number of ketones is 1. The molecule has 0 saturated heterocycles. The Balaban J connectivity index is 3.83. The van der Waals surface area contributed by atoms with E-state index in [-0.39, 0.29) is 24.6 Å². The van der Waals surface area contributed by atoms with E-state index >= 15 is 0 Å². The Labute approximate surface area is 87.4 Å². The van der Waals surface area contributed by atoms with E-state index in [1.54, 1.807) is 0 Å². The molecule has 0 heterocycles. The Hall–Kier alpha value is -1.91. The van der Waals surface area contributed by atoms with Gasteiger partial charge >= 0.3 is 11.9 Å². The molecule has 0 aromatic carbocycles. The van der Waals surface area contributed by atoms with Crippen molar-refractivity contribution in [2.45, 2.75) is 13.3 Å². The van der Waals surface area contributed by atoms with Gasteiger partial charge in [-0.1, -0.05) is 13.2 Å². The van der Waals surface area contributed by atoms with Gasteiger partial charge in [-0.25, -0.2) is 4.79 Å². The molecular weight excluding hydrogens is 200 g/mol. The molecule has 0 aliphatic heterocycles. The molecule has 0 unspecified atom stereocenters. The fraction of sp³-hybridized carbons (Fsp3) is 0.300. The summed E-state index contributed by atoms with van der Waals surface area (Å²) in [6.07, 6.45) is 0.652. The zero-order valence-corrected chi connectivity index (χ0v) is 8.45. The number of esters is 2. The SMILES string of the molecule is C=CC(=O)OCC(=C)OC(=O)CC(C)=O. The second-order valence-corrected chi connectivity index (χ2v) is 2.70. The predicted molar refractivity (Wildman–Crippen MR) is 51.7 cm³/mol. The van der Waals surface area contributed by atoms with Crippen molar-refractivity contribution in [3.8, 4) is 0 Å². The molecule has 0 aliphatic rings. The number of hydrogen-bond acceptors (Lipinski definition) is 5. The van der Waals surface area contributed by atoms with Gasteiger partial charge in [0.2, 0.25) is 0 Å². The highest BCUT2D eigenvalue weighted by Crippen LogP contribution is 1.99. The third kappa shape index (κ3) is 7.18. The van der Waals surface area contributed by atoms with Crippen LogP contribution >= 0.6 is 0 Å². The zero-order chi connectivity index (χ0) is 11.8. The quantitative estimate of drug-likeness (QED) is 0.281. The lowest BCUT2D eigenvalue weighted by Crippen LogP contribution is -2.12. The summed E-state index contributed by atoms with van der Waals surface area (Å²) in [6, 6.07) is 0. The van der Waals surface area contributed by atoms with Crippen molar-refractivity contribution in [3.05, 3.63) is 25.0 Å². The fourth-order valence-corrected chi connectivity index (χ4v) is 0.640. The van der Waals surface area contributed by atoms with Crippen LogP contribution in [-0.4, -0.2) is 24.3 Å². The Morgan fingerprint density at radius 3 is 2.40 bits per heavy atom. The Bertz CT molecular complexity index is 303. The van der Waals surface area contributed by atoms with E-state index in [4.69, 9.17) is 0 Å². The van der Waals surface area contributed by atoms with Gasteiger partial charge in [0.15, 0.2) is 0 Å². The molecule has 5 heteroatoms. The number of rotatable bonds is 6. The summed E-state index contributed by atoms with van der Waals surface area (Å²) in [6.45, 7) is 7.55. The third-order valence-corrected chi connectivity index (χ3v) is 1.19. The van der Waals surface area contributed by atoms with Gasteiger partial charge in [0, 0.05) is 6.08 Å². The molecular formula is C10H12O5. The fourth-order valence-electron chi connectivity index (χ4n) is 0.640. The van der Waals surface area contributed by atoms with Crippen LogP contribution in [0, 0.1) is 0 Å². The first-order valence-corrected chi connectivity index (χ1v) is 4.12. The summed E-state index contributed by atoms with van der Waals surface area (Å²) in [5.74, 6) is -1.70. The molecule has 5 nitrogen and oxygen atoms in total. The maximum absolute atomic E-state index is 10.9. The Kier molecular flexibility index (Phi) is 5.70. The maximum atomic E-state index is 10.9. The van der Waals surface area contributed by atoms with Gasteiger partial charge in [0.1, 0.15) is 24.6 Å². The van der Waals surface area contributed by atoms with Crippen LogP contribution in [0.1, 0.15) is 13.3 Å². The Morgan fingerprint density at radius 1 is 1.33 bits per heavy atom. The molecule has 0 rings (SSSR count). The number of Topliss-reactive ketones (excluding diaryl/α,β-unsaturated/α-hetero) is 1. The molecule has 15 heavy (non-hydrogen) atoms. The third-order valence-electron chi connectivity index (χ3n) is 1.19. The first-order chi connectivity index (χ1) is 6.95. The molecule has 0 spiro atoms. The maximum Gasteiger partial charge on any atom is 0.330 e. The molecule has 0 N–H and O–H groups in total. The summed E-state index contributed by atoms with van der Waals surface area (Å²) >= 11 is 0. The topological polar surface area (TPSA) is 69.7 Å². The minimum absolute atomic E-state index is 0.0311. The highest BCUT2D eigenvalue weighted by atomic mass is 16.6. The van der Waals surface area contributed by atoms with Crippen LogP contribution in [0.3, 0.4) is 0 Å². The van der Waals surface area contributed by atoms with Gasteiger partial charge in [-0.15, -0.1) is 0 Å². The van der Waals surface area contributed by atoms with Crippen LogP contribution in [-0.2, 0) is 23.9 Å². The largest absolute Gasteiger partial charge is 0.454 e. The summed E-state index contributed by atoms with van der Waals surface area (Å²) in [4.78, 5) is 32.0. The number of ether oxygens (including phenoxy) is 2. The minimum atomic E-state index is -0.720. The second kappa shape index (κ2) is 6.53. The monoisotopic (exact) mass is 212 g/mol. The van der Waals surface area contributed by atoms with Crippen molar-refractivity contribution in [3.63, 3.8) is 0 Å². The Morgan fingerprint density at radius 2 is 1.93 bits per heavy atom. The first-order valence-electron chi connectivity index (χ1n) is 4.12. The second-order valence-electron chi connectivity index (χ2n) is 2.70. The average molecular weight is 212 g/mol. The molecule has 0 saturated carbocycles. The van der Waals surface area contributed by atoms with Crippen LogP contribution in [0.5, 0.6) is 0 Å². The van der Waals surface area contributed by atoms with Crippen LogP contribution in [0.4, 0.5) is 0 Å². The van der Waals surface area contributed by atoms with Crippen LogP contribution < -0.4 is 0 Å². The van der Waals surface area contributed by atoms with Gasteiger partial charge in [0.25, 0.3) is 0 Å². The molecule has 0 atom stereocenters. The molecule has 0 fully saturated rings. The zero-order valence-electron chi connectivity index (χ0n) is 8.45. The van der Waals surface area contributed by atoms with Crippen LogP contribution in [0.2, 0.25) is 0 Å². The average Bonchev–Trinajstić information content (AvgIpc) is 2.12. The van der Waals surface area contributed by atoms with Gasteiger partial charge in [-0.2, -0.15) is 0 Å². The molecule has 0 radical (unpaired) electrons. The summed E-state index contributed by atoms with van der Waals surface area (Å²) in [5.41, 5.74) is 0. The number of carbonyl (C=O) groups excluding carboxylic acids is 3. The number of hydrogen-bond donors (Lipinski definition) is 0. The summed E-state index contributed by atoms with van der Waals surface area (Å²) < 4.78 is 9.13. The van der Waals surface area contributed by atoms with E-state index in [2.05, 4.69) is 22.6 Å². The molecule has 82 valence electrons. The van der Waals surface area contributed by atoms with Gasteiger partial charge in [-0.05, 0) is 6.92 Å². The van der Waals surface area contributed by atoms with Crippen molar-refractivity contribution < 1.29 is 23.9 Å². The van der Waals surface area contributed by atoms with E-state index in [1.165, 1.54) is 6.92 Å². The summed E-state index contributed by atoms with van der Waals surface area (Å²) in [7, 11) is 0. The van der Waals surface area contributed by atoms with Crippen molar-refractivity contribution >= 4 is 17.7 Å². The highest BCUT2D eigenvalue weighted by Gasteiger charge is 2.09. The van der Waals surface area contributed by atoms with Crippen molar-refractivity contribution in [1.82, 2.24) is 0 Å².